The topological polar surface area (TPSA) is 62.3 Å². The van der Waals surface area contributed by atoms with Crippen LogP contribution in [0.3, 0.4) is 0 Å². The van der Waals surface area contributed by atoms with Crippen molar-refractivity contribution < 1.29 is 11.0 Å². The summed E-state index contributed by atoms with van der Waals surface area (Å²) in [5.74, 6) is 0.421. The Bertz CT molecular complexity index is 1120. The molecule has 1 saturated heterocycles. The molecule has 210 valence electrons. The van der Waals surface area contributed by atoms with Gasteiger partial charge >= 0.3 is 0 Å². The van der Waals surface area contributed by atoms with Crippen LogP contribution in [-0.2, 0) is 21.4 Å². The lowest BCUT2D eigenvalue weighted by Gasteiger charge is -2.40. The summed E-state index contributed by atoms with van der Waals surface area (Å²) < 4.78 is 0. The maximum absolute atomic E-state index is 12.8. The Morgan fingerprint density at radius 1 is 1.03 bits per heavy atom. The zero-order valence-electron chi connectivity index (χ0n) is 24.1. The number of nitrogens with zero attached hydrogens (tertiary/aromatic N) is 2. The molecule has 2 heterocycles. The summed E-state index contributed by atoms with van der Waals surface area (Å²) in [6, 6.07) is 24.4. The summed E-state index contributed by atoms with van der Waals surface area (Å²) in [5.41, 5.74) is 3.02. The number of pyridine rings is 1. The van der Waals surface area contributed by atoms with Gasteiger partial charge in [0.25, 0.3) is 0 Å². The molecule has 1 unspecified atom stereocenters. The van der Waals surface area contributed by atoms with Crippen molar-refractivity contribution in [3.8, 4) is 0 Å². The fraction of sp³-hybridized carbons (Fsp3) is 0.382. The Morgan fingerprint density at radius 3 is 2.15 bits per heavy atom. The third kappa shape index (κ3) is 9.60. The molecule has 1 fully saturated rings. The SMILES string of the molecule is C=CC.CC.CC(=O)C1(c2ccccc2)CCN(CC(=O)NCC(Cc2cccnc2)c2ccccc2)CC1.[HH]. The molecule has 0 spiro atoms. The first-order valence-corrected chi connectivity index (χ1v) is 14.0. The third-order valence-electron chi connectivity index (χ3n) is 7.10. The van der Waals surface area contributed by atoms with E-state index in [0.29, 0.717) is 13.1 Å². The summed E-state index contributed by atoms with van der Waals surface area (Å²) in [6.07, 6.45) is 7.72. The third-order valence-corrected chi connectivity index (χ3v) is 7.10. The lowest BCUT2D eigenvalue weighted by atomic mass is 9.70. The molecule has 4 rings (SSSR count). The Hall–Kier alpha value is -3.57. The first kappa shape index (κ1) is 31.6. The molecule has 39 heavy (non-hydrogen) atoms. The molecule has 1 N–H and O–H groups in total. The zero-order valence-corrected chi connectivity index (χ0v) is 24.1. The Labute approximate surface area is 236 Å². The van der Waals surface area contributed by atoms with Crippen LogP contribution < -0.4 is 5.32 Å². The van der Waals surface area contributed by atoms with E-state index in [2.05, 4.69) is 52.1 Å². The summed E-state index contributed by atoms with van der Waals surface area (Å²) >= 11 is 0. The number of allylic oxidation sites excluding steroid dienone is 1. The number of benzene rings is 2. The predicted octanol–water partition coefficient (Wildman–Crippen LogP) is 6.61. The maximum atomic E-state index is 12.8. The summed E-state index contributed by atoms with van der Waals surface area (Å²) in [7, 11) is 0. The number of piperidine rings is 1. The molecule has 1 amide bonds. The molecule has 0 saturated carbocycles. The molecule has 5 heteroatoms. The molecule has 3 aromatic rings. The van der Waals surface area contributed by atoms with Gasteiger partial charge in [-0.1, -0.05) is 86.7 Å². The molecule has 0 aliphatic carbocycles. The average molecular weight is 530 g/mol. The van der Waals surface area contributed by atoms with Gasteiger partial charge in [0.15, 0.2) is 0 Å². The van der Waals surface area contributed by atoms with E-state index in [4.69, 9.17) is 0 Å². The molecule has 1 aromatic heterocycles. The molecule has 0 bridgehead atoms. The second-order valence-electron chi connectivity index (χ2n) is 9.67. The number of carbonyl (C=O) groups excluding carboxylic acids is 2. The molecule has 1 atom stereocenters. The van der Waals surface area contributed by atoms with Crippen LogP contribution in [-0.4, -0.2) is 47.8 Å². The first-order chi connectivity index (χ1) is 19.0. The Morgan fingerprint density at radius 2 is 1.62 bits per heavy atom. The van der Waals surface area contributed by atoms with E-state index < -0.39 is 5.41 Å². The van der Waals surface area contributed by atoms with Gasteiger partial charge in [-0.05, 0) is 69.0 Å². The number of likely N-dealkylation sites (tertiary alicyclic amines) is 1. The number of hydrogen-bond acceptors (Lipinski definition) is 4. The highest BCUT2D eigenvalue weighted by atomic mass is 16.2. The van der Waals surface area contributed by atoms with Crippen LogP contribution in [0.15, 0.2) is 97.8 Å². The monoisotopic (exact) mass is 529 g/mol. The minimum atomic E-state index is -0.434. The van der Waals surface area contributed by atoms with Crippen LogP contribution in [0.25, 0.3) is 0 Å². The van der Waals surface area contributed by atoms with Gasteiger partial charge in [0.1, 0.15) is 5.78 Å². The molecule has 1 aliphatic rings. The van der Waals surface area contributed by atoms with Crippen molar-refractivity contribution in [2.45, 2.75) is 58.3 Å². The van der Waals surface area contributed by atoms with E-state index in [1.807, 2.05) is 69.4 Å². The second-order valence-corrected chi connectivity index (χ2v) is 9.67. The van der Waals surface area contributed by atoms with Gasteiger partial charge in [0, 0.05) is 26.3 Å². The fourth-order valence-corrected chi connectivity index (χ4v) is 5.03. The number of amides is 1. The highest BCUT2D eigenvalue weighted by Gasteiger charge is 2.40. The number of aromatic nitrogens is 1. The first-order valence-electron chi connectivity index (χ1n) is 14.0. The summed E-state index contributed by atoms with van der Waals surface area (Å²) in [4.78, 5) is 31.8. The predicted molar refractivity (Wildman–Crippen MR) is 164 cm³/mol. The maximum Gasteiger partial charge on any atom is 0.234 e. The van der Waals surface area contributed by atoms with Crippen LogP contribution in [0.4, 0.5) is 0 Å². The molecular formula is C34H47N3O2. The Kier molecular flexibility index (Phi) is 13.9. The quantitative estimate of drug-likeness (QED) is 0.317. The molecule has 1 aliphatic heterocycles. The largest absolute Gasteiger partial charge is 0.354 e. The van der Waals surface area contributed by atoms with Crippen LogP contribution >= 0.6 is 0 Å². The molecule has 5 nitrogen and oxygen atoms in total. The van der Waals surface area contributed by atoms with Gasteiger partial charge in [-0.25, -0.2) is 0 Å². The van der Waals surface area contributed by atoms with Crippen molar-refractivity contribution in [2.75, 3.05) is 26.2 Å². The van der Waals surface area contributed by atoms with Crippen LogP contribution in [0.1, 0.15) is 64.6 Å². The summed E-state index contributed by atoms with van der Waals surface area (Å²) in [5, 5.41) is 3.16. The van der Waals surface area contributed by atoms with Crippen molar-refractivity contribution in [1.82, 2.24) is 15.2 Å². The highest BCUT2D eigenvalue weighted by Crippen LogP contribution is 2.36. The van der Waals surface area contributed by atoms with Crippen molar-refractivity contribution in [2.24, 2.45) is 0 Å². The molecule has 0 radical (unpaired) electrons. The minimum absolute atomic E-state index is 0. The smallest absolute Gasteiger partial charge is 0.234 e. The lowest BCUT2D eigenvalue weighted by molar-refractivity contribution is -0.125. The van der Waals surface area contributed by atoms with Gasteiger partial charge in [-0.15, -0.1) is 6.58 Å². The summed E-state index contributed by atoms with van der Waals surface area (Å²) in [6.45, 7) is 13.4. The van der Waals surface area contributed by atoms with E-state index >= 15 is 0 Å². The molecular weight excluding hydrogens is 482 g/mol. The molecule has 2 aromatic carbocycles. The number of nitrogens with one attached hydrogen (secondary N) is 1. The normalized spacial score (nSPS) is 14.9. The number of rotatable bonds is 9. The fourth-order valence-electron chi connectivity index (χ4n) is 5.03. The number of Topliss-reactive ketones (excluding diaryl/α,β-unsaturated/α-hetero) is 1. The van der Waals surface area contributed by atoms with Gasteiger partial charge in [0.05, 0.1) is 12.0 Å². The average Bonchev–Trinajstić information content (AvgIpc) is 2.98. The van der Waals surface area contributed by atoms with Crippen molar-refractivity contribution in [3.05, 3.63) is 115 Å². The van der Waals surface area contributed by atoms with E-state index in [1.54, 1.807) is 19.2 Å². The van der Waals surface area contributed by atoms with E-state index in [0.717, 1.165) is 43.5 Å². The Balaban J connectivity index is 0.00000125. The van der Waals surface area contributed by atoms with Crippen LogP contribution in [0.5, 0.6) is 0 Å². The highest BCUT2D eigenvalue weighted by molar-refractivity contribution is 5.88. The van der Waals surface area contributed by atoms with Gasteiger partial charge < -0.3 is 5.32 Å². The van der Waals surface area contributed by atoms with Crippen LogP contribution in [0.2, 0.25) is 0 Å². The van der Waals surface area contributed by atoms with Gasteiger partial charge in [0.2, 0.25) is 5.91 Å². The van der Waals surface area contributed by atoms with E-state index in [1.165, 1.54) is 5.56 Å². The van der Waals surface area contributed by atoms with Crippen molar-refractivity contribution in [3.63, 3.8) is 0 Å². The number of hydrogen-bond donors (Lipinski definition) is 1. The minimum Gasteiger partial charge on any atom is -0.354 e. The van der Waals surface area contributed by atoms with Crippen LogP contribution in [0, 0.1) is 0 Å². The zero-order chi connectivity index (χ0) is 28.5. The van der Waals surface area contributed by atoms with E-state index in [-0.39, 0.29) is 19.0 Å². The van der Waals surface area contributed by atoms with Crippen molar-refractivity contribution >= 4 is 11.7 Å². The second kappa shape index (κ2) is 17.1. The van der Waals surface area contributed by atoms with Crippen molar-refractivity contribution in [1.29, 1.82) is 0 Å². The van der Waals surface area contributed by atoms with E-state index in [9.17, 15) is 9.59 Å². The van der Waals surface area contributed by atoms with Gasteiger partial charge in [-0.3, -0.25) is 19.5 Å². The number of carbonyl (C=O) groups is 2. The lowest BCUT2D eigenvalue weighted by Crippen LogP contribution is -2.49. The number of ketones is 1. The standard InChI is InChI=1S/C29H33N3O2.C3H6.C2H6.H2/c1-23(33)29(27-12-6-3-7-13-27)14-17-32(18-15-29)22-28(34)31-21-26(25-10-4-2-5-11-25)19-24-9-8-16-30-20-24;1-3-2;1-2;/h2-13,16,20,26H,14-15,17-19,21-22H2,1H3,(H,31,34);3H,1H2,2H3;1-2H3;1H. The van der Waals surface area contributed by atoms with Gasteiger partial charge in [-0.2, -0.15) is 0 Å².